The van der Waals surface area contributed by atoms with Crippen molar-refractivity contribution in [2.24, 2.45) is 0 Å². The predicted molar refractivity (Wildman–Crippen MR) is 136 cm³/mol. The Hall–Kier alpha value is -4.06. The number of carboxylic acids is 2. The first-order valence-corrected chi connectivity index (χ1v) is 11.4. The number of rotatable bonds is 10. The minimum absolute atomic E-state index is 0.0158. The molecule has 3 N–H and O–H groups in total. The maximum absolute atomic E-state index is 12.5. The molecule has 12 nitrogen and oxygen atoms in total. The molecule has 0 bridgehead atoms. The molecule has 1 saturated heterocycles. The van der Waals surface area contributed by atoms with E-state index in [-0.39, 0.29) is 17.9 Å². The van der Waals surface area contributed by atoms with Crippen molar-refractivity contribution >= 4 is 29.8 Å². The summed E-state index contributed by atoms with van der Waals surface area (Å²) in [7, 11) is 4.65. The first kappa shape index (κ1) is 31.0. The molecule has 1 fully saturated rings. The van der Waals surface area contributed by atoms with Crippen LogP contribution in [0.15, 0.2) is 30.4 Å². The molecule has 2 rings (SSSR count). The number of methoxy groups -OCH3 is 3. The molecule has 12 heteroatoms. The van der Waals surface area contributed by atoms with Crippen molar-refractivity contribution in [1.29, 1.82) is 0 Å². The third-order valence-corrected chi connectivity index (χ3v) is 4.97. The van der Waals surface area contributed by atoms with Crippen LogP contribution in [-0.4, -0.2) is 104 Å². The van der Waals surface area contributed by atoms with Gasteiger partial charge in [-0.15, -0.1) is 0 Å². The van der Waals surface area contributed by atoms with Gasteiger partial charge in [-0.05, 0) is 37.6 Å². The van der Waals surface area contributed by atoms with Gasteiger partial charge in [0.25, 0.3) is 0 Å². The molecule has 2 amide bonds. The highest BCUT2D eigenvalue weighted by atomic mass is 16.5. The van der Waals surface area contributed by atoms with Crippen LogP contribution in [0.1, 0.15) is 19.4 Å². The van der Waals surface area contributed by atoms with Crippen LogP contribution < -0.4 is 19.5 Å². The number of ether oxygens (including phenoxy) is 3. The summed E-state index contributed by atoms with van der Waals surface area (Å²) in [5.41, 5.74) is 0.775. The molecule has 0 atom stereocenters. The molecule has 1 heterocycles. The lowest BCUT2D eigenvalue weighted by molar-refractivity contribution is -0.134. The van der Waals surface area contributed by atoms with Crippen molar-refractivity contribution in [2.45, 2.75) is 19.9 Å². The third-order valence-electron chi connectivity index (χ3n) is 4.97. The molecule has 0 radical (unpaired) electrons. The highest BCUT2D eigenvalue weighted by molar-refractivity contribution is 5.92. The van der Waals surface area contributed by atoms with E-state index in [2.05, 4.69) is 10.2 Å². The number of hydrogen-bond acceptors (Lipinski definition) is 8. The number of amides is 2. The van der Waals surface area contributed by atoms with Gasteiger partial charge in [0.2, 0.25) is 17.6 Å². The zero-order valence-corrected chi connectivity index (χ0v) is 21.7. The number of nitrogens with one attached hydrogen (secondary N) is 1. The predicted octanol–water partition coefficient (Wildman–Crippen LogP) is 1.11. The van der Waals surface area contributed by atoms with E-state index in [1.54, 1.807) is 50.5 Å². The molecule has 204 valence electrons. The van der Waals surface area contributed by atoms with E-state index < -0.39 is 11.9 Å². The van der Waals surface area contributed by atoms with Crippen molar-refractivity contribution in [3.8, 4) is 17.2 Å². The molecule has 1 aromatic rings. The second-order valence-electron chi connectivity index (χ2n) is 8.13. The summed E-state index contributed by atoms with van der Waals surface area (Å²) in [6, 6.07) is 3.71. The fourth-order valence-corrected chi connectivity index (χ4v) is 3.31. The molecule has 1 aliphatic heterocycles. The molecule has 0 aliphatic carbocycles. The van der Waals surface area contributed by atoms with Crippen molar-refractivity contribution < 1.29 is 43.6 Å². The molecule has 0 aromatic heterocycles. The molecule has 0 spiro atoms. The summed E-state index contributed by atoms with van der Waals surface area (Å²) >= 11 is 0. The van der Waals surface area contributed by atoms with Crippen LogP contribution in [0.3, 0.4) is 0 Å². The fourth-order valence-electron chi connectivity index (χ4n) is 3.31. The van der Waals surface area contributed by atoms with Crippen molar-refractivity contribution in [3.63, 3.8) is 0 Å². The van der Waals surface area contributed by atoms with Gasteiger partial charge in [-0.25, -0.2) is 9.59 Å². The lowest BCUT2D eigenvalue weighted by atomic mass is 10.1. The Bertz CT molecular complexity index is 956. The molecule has 1 aromatic carbocycles. The second-order valence-corrected chi connectivity index (χ2v) is 8.13. The summed E-state index contributed by atoms with van der Waals surface area (Å²) in [4.78, 5) is 47.4. The topological polar surface area (TPSA) is 155 Å². The average molecular weight is 522 g/mol. The van der Waals surface area contributed by atoms with Gasteiger partial charge < -0.3 is 34.6 Å². The fraction of sp³-hybridized carbons (Fsp3) is 0.440. The second kappa shape index (κ2) is 15.8. The highest BCUT2D eigenvalue weighted by Gasteiger charge is 2.21. The van der Waals surface area contributed by atoms with Crippen LogP contribution in [0.5, 0.6) is 17.2 Å². The number of hydrogen-bond donors (Lipinski definition) is 3. The molecule has 1 aliphatic rings. The molecular weight excluding hydrogens is 486 g/mol. The maximum atomic E-state index is 12.5. The van der Waals surface area contributed by atoms with E-state index in [1.807, 2.05) is 13.8 Å². The minimum atomic E-state index is -1.26. The summed E-state index contributed by atoms with van der Waals surface area (Å²) in [5, 5.41) is 18.5. The van der Waals surface area contributed by atoms with E-state index in [0.29, 0.717) is 62.1 Å². The lowest BCUT2D eigenvalue weighted by Gasteiger charge is -2.33. The van der Waals surface area contributed by atoms with Gasteiger partial charge in [-0.3, -0.25) is 14.5 Å². The number of nitrogens with zero attached hydrogens (tertiary/aromatic N) is 2. The summed E-state index contributed by atoms with van der Waals surface area (Å²) < 4.78 is 16.0. The Kier molecular flexibility index (Phi) is 13.3. The quantitative estimate of drug-likeness (QED) is 0.381. The van der Waals surface area contributed by atoms with Gasteiger partial charge in [-0.2, -0.15) is 0 Å². The van der Waals surface area contributed by atoms with Crippen LogP contribution in [0, 0.1) is 0 Å². The smallest absolute Gasteiger partial charge is 0.328 e. The first-order chi connectivity index (χ1) is 17.5. The van der Waals surface area contributed by atoms with Gasteiger partial charge in [0.1, 0.15) is 0 Å². The van der Waals surface area contributed by atoms with Crippen molar-refractivity contribution in [1.82, 2.24) is 15.1 Å². The third kappa shape index (κ3) is 11.5. The van der Waals surface area contributed by atoms with Crippen LogP contribution in [0.25, 0.3) is 6.08 Å². The number of carbonyl (C=O) groups is 4. The normalized spacial score (nSPS) is 13.7. The van der Waals surface area contributed by atoms with E-state index in [9.17, 15) is 19.2 Å². The number of piperazine rings is 1. The Labute approximate surface area is 216 Å². The standard InChI is InChI=1S/C21H31N3O5.C4H4O4/c1-15(2)22-19(25)14-23-8-10-24(11-9-23)20(26)7-6-16-12-17(27-3)21(29-5)18(13-16)28-4;5-3(6)1-2-4(7)8/h6-7,12-13,15H,8-11,14H2,1-5H3,(H,22,25);1-2H,(H,5,6)(H,7,8)/b7-6+;2-1-. The van der Waals surface area contributed by atoms with Gasteiger partial charge in [0, 0.05) is 50.4 Å². The number of carboxylic acid groups (broad SMARTS) is 2. The molecule has 0 unspecified atom stereocenters. The minimum Gasteiger partial charge on any atom is -0.493 e. The Morgan fingerprint density at radius 2 is 1.41 bits per heavy atom. The largest absolute Gasteiger partial charge is 0.493 e. The van der Waals surface area contributed by atoms with E-state index in [1.165, 1.54) is 0 Å². The monoisotopic (exact) mass is 521 g/mol. The Morgan fingerprint density at radius 3 is 1.81 bits per heavy atom. The first-order valence-electron chi connectivity index (χ1n) is 11.4. The van der Waals surface area contributed by atoms with Gasteiger partial charge in [0.15, 0.2) is 11.5 Å². The SMILES string of the molecule is COc1cc(/C=C/C(=O)N2CCN(CC(=O)NC(C)C)CC2)cc(OC)c1OC.O=C(O)/C=C\C(=O)O. The summed E-state index contributed by atoms with van der Waals surface area (Å²) in [6.45, 7) is 6.77. The molecule has 0 saturated carbocycles. The van der Waals surface area contributed by atoms with Crippen molar-refractivity contribution in [3.05, 3.63) is 35.9 Å². The lowest BCUT2D eigenvalue weighted by Crippen LogP contribution is -2.51. The van der Waals surface area contributed by atoms with Gasteiger partial charge >= 0.3 is 11.9 Å². The summed E-state index contributed by atoms with van der Waals surface area (Å²) in [5.74, 6) is -0.984. The summed E-state index contributed by atoms with van der Waals surface area (Å²) in [6.07, 6.45) is 4.39. The van der Waals surface area contributed by atoms with Crippen molar-refractivity contribution in [2.75, 3.05) is 54.1 Å². The number of benzene rings is 1. The molecule has 37 heavy (non-hydrogen) atoms. The van der Waals surface area contributed by atoms with E-state index in [4.69, 9.17) is 24.4 Å². The van der Waals surface area contributed by atoms with Crippen LogP contribution >= 0.6 is 0 Å². The maximum Gasteiger partial charge on any atom is 0.328 e. The average Bonchev–Trinajstić information content (AvgIpc) is 2.85. The zero-order chi connectivity index (χ0) is 28.0. The Morgan fingerprint density at radius 1 is 0.892 bits per heavy atom. The molecular formula is C25H35N3O9. The zero-order valence-electron chi connectivity index (χ0n) is 21.7. The van der Waals surface area contributed by atoms with E-state index >= 15 is 0 Å². The number of aliphatic carboxylic acids is 2. The number of carbonyl (C=O) groups excluding carboxylic acids is 2. The van der Waals surface area contributed by atoms with Crippen LogP contribution in [-0.2, 0) is 19.2 Å². The highest BCUT2D eigenvalue weighted by Crippen LogP contribution is 2.38. The van der Waals surface area contributed by atoms with Gasteiger partial charge in [-0.1, -0.05) is 0 Å². The van der Waals surface area contributed by atoms with Crippen LogP contribution in [0.2, 0.25) is 0 Å². The van der Waals surface area contributed by atoms with Gasteiger partial charge in [0.05, 0.1) is 27.9 Å². The Balaban J connectivity index is 0.000000738. The van der Waals surface area contributed by atoms with E-state index in [0.717, 1.165) is 5.56 Å². The van der Waals surface area contributed by atoms with Crippen LogP contribution in [0.4, 0.5) is 0 Å².